The molecule has 232 valence electrons. The monoisotopic (exact) mass is 650 g/mol. The summed E-state index contributed by atoms with van der Waals surface area (Å²) in [5.41, 5.74) is 14.4. The van der Waals surface area contributed by atoms with Crippen molar-refractivity contribution < 1.29 is 0 Å². The van der Waals surface area contributed by atoms with Crippen LogP contribution in [0.3, 0.4) is 0 Å². The minimum Gasteiger partial charge on any atom is -0.135 e. The van der Waals surface area contributed by atoms with Gasteiger partial charge in [-0.05, 0) is 101 Å². The van der Waals surface area contributed by atoms with Crippen molar-refractivity contribution in [2.75, 3.05) is 0 Å². The first-order valence-electron chi connectivity index (χ1n) is 17.4. The van der Waals surface area contributed by atoms with Crippen molar-refractivity contribution in [3.05, 3.63) is 169 Å². The summed E-state index contributed by atoms with van der Waals surface area (Å²) in [6.45, 7) is 2.17. The van der Waals surface area contributed by atoms with Crippen LogP contribution >= 0.6 is 11.3 Å². The molecule has 1 aliphatic rings. The maximum absolute atomic E-state index is 2.43. The van der Waals surface area contributed by atoms with Gasteiger partial charge in [0, 0.05) is 25.7 Å². The van der Waals surface area contributed by atoms with E-state index in [4.69, 9.17) is 0 Å². The van der Waals surface area contributed by atoms with Gasteiger partial charge in [-0.25, -0.2) is 0 Å². The van der Waals surface area contributed by atoms with E-state index < -0.39 is 0 Å². The van der Waals surface area contributed by atoms with Crippen LogP contribution < -0.4 is 0 Å². The fraction of sp³-hybridized carbons (Fsp3) is 0.0204. The first-order chi connectivity index (χ1) is 24.7. The average molecular weight is 651 g/mol. The van der Waals surface area contributed by atoms with E-state index in [9.17, 15) is 0 Å². The van der Waals surface area contributed by atoms with Crippen LogP contribution in [-0.2, 0) is 0 Å². The molecule has 9 aromatic carbocycles. The highest BCUT2D eigenvalue weighted by atomic mass is 32.1. The molecule has 0 bridgehead atoms. The lowest BCUT2D eigenvalue weighted by Gasteiger charge is -2.20. The van der Waals surface area contributed by atoms with Gasteiger partial charge in [-0.3, -0.25) is 0 Å². The van der Waals surface area contributed by atoms with Crippen LogP contribution in [0.1, 0.15) is 5.56 Å². The predicted molar refractivity (Wildman–Crippen MR) is 217 cm³/mol. The lowest BCUT2D eigenvalue weighted by Crippen LogP contribution is -1.93. The first kappa shape index (κ1) is 27.9. The predicted octanol–water partition coefficient (Wildman–Crippen LogP) is 14.5. The van der Waals surface area contributed by atoms with E-state index in [1.807, 2.05) is 11.3 Å². The van der Waals surface area contributed by atoms with Gasteiger partial charge in [0.05, 0.1) is 0 Å². The Bertz CT molecular complexity index is 3020. The van der Waals surface area contributed by atoms with Crippen LogP contribution in [0.5, 0.6) is 0 Å². The molecule has 0 atom stereocenters. The van der Waals surface area contributed by atoms with Crippen molar-refractivity contribution in [2.24, 2.45) is 0 Å². The van der Waals surface area contributed by atoms with E-state index in [1.54, 1.807) is 0 Å². The van der Waals surface area contributed by atoms with E-state index in [2.05, 4.69) is 171 Å². The summed E-state index contributed by atoms with van der Waals surface area (Å²) in [5.74, 6) is 0. The molecule has 0 nitrogen and oxygen atoms in total. The number of hydrogen-bond acceptors (Lipinski definition) is 1. The fourth-order valence-corrected chi connectivity index (χ4v) is 9.99. The normalized spacial score (nSPS) is 12.1. The molecule has 0 saturated heterocycles. The molecule has 0 aliphatic heterocycles. The highest BCUT2D eigenvalue weighted by Gasteiger charge is 2.31. The second-order valence-electron chi connectivity index (χ2n) is 13.6. The molecule has 1 aliphatic carbocycles. The Hall–Kier alpha value is -6.02. The Kier molecular flexibility index (Phi) is 5.85. The van der Waals surface area contributed by atoms with Gasteiger partial charge in [0.2, 0.25) is 0 Å². The summed E-state index contributed by atoms with van der Waals surface area (Å²) in [5, 5.41) is 10.5. The van der Waals surface area contributed by atoms with Crippen LogP contribution in [0.15, 0.2) is 164 Å². The van der Waals surface area contributed by atoms with E-state index >= 15 is 0 Å². The summed E-state index contributed by atoms with van der Waals surface area (Å²) in [6, 6.07) is 61.2. The molecule has 0 saturated carbocycles. The molecule has 50 heavy (non-hydrogen) atoms. The van der Waals surface area contributed by atoms with Gasteiger partial charge in [0.15, 0.2) is 0 Å². The SMILES string of the molecule is Cc1ccc(-c2c3c(c(-c4ccccc4)c4ccccc24)-c2cccc4c(-c5c6ccccc6cc6c5sc5ccccc56)ccc-3c24)cc1. The van der Waals surface area contributed by atoms with Gasteiger partial charge in [-0.15, -0.1) is 11.3 Å². The zero-order valence-electron chi connectivity index (χ0n) is 27.5. The maximum atomic E-state index is 2.43. The standard InChI is InChI=1S/C49H30S/c1-29-22-24-31(25-23-29)44-36-18-8-7-17-35(36)43(30-12-3-2-4-13-30)47-39-20-11-19-37-38(26-27-40(45(37)39)48(44)47)46-33-15-6-5-14-32(33)28-41-34-16-9-10-21-42(34)50-49(41)46/h2-28H,1H3. The molecular weight excluding hydrogens is 621 g/mol. The molecule has 0 radical (unpaired) electrons. The van der Waals surface area contributed by atoms with Gasteiger partial charge in [0.1, 0.15) is 0 Å². The molecule has 10 aromatic rings. The summed E-state index contributed by atoms with van der Waals surface area (Å²) < 4.78 is 2.69. The number of thiophene rings is 1. The molecule has 0 unspecified atom stereocenters. The van der Waals surface area contributed by atoms with Crippen molar-refractivity contribution in [3.63, 3.8) is 0 Å². The minimum atomic E-state index is 1.25. The van der Waals surface area contributed by atoms with Crippen molar-refractivity contribution >= 4 is 63.8 Å². The molecule has 0 fully saturated rings. The summed E-state index contributed by atoms with van der Waals surface area (Å²) in [7, 11) is 0. The van der Waals surface area contributed by atoms with Crippen LogP contribution in [0.25, 0.3) is 108 Å². The van der Waals surface area contributed by atoms with Crippen molar-refractivity contribution in [1.29, 1.82) is 0 Å². The Morgan fingerprint density at radius 1 is 0.360 bits per heavy atom. The molecule has 0 amide bonds. The lowest BCUT2D eigenvalue weighted by molar-refractivity contribution is 1.47. The number of rotatable bonds is 3. The number of benzene rings is 9. The molecule has 11 rings (SSSR count). The van der Waals surface area contributed by atoms with Crippen LogP contribution in [0, 0.1) is 6.92 Å². The third-order valence-corrected chi connectivity index (χ3v) is 12.1. The fourth-order valence-electron chi connectivity index (χ4n) is 8.73. The van der Waals surface area contributed by atoms with Gasteiger partial charge >= 0.3 is 0 Å². The minimum absolute atomic E-state index is 1.25. The highest BCUT2D eigenvalue weighted by Crippen LogP contribution is 2.59. The lowest BCUT2D eigenvalue weighted by atomic mass is 9.82. The van der Waals surface area contributed by atoms with Crippen LogP contribution in [0.4, 0.5) is 0 Å². The van der Waals surface area contributed by atoms with Crippen LogP contribution in [-0.4, -0.2) is 0 Å². The average Bonchev–Trinajstić information content (AvgIpc) is 3.70. The third kappa shape index (κ3) is 3.81. The van der Waals surface area contributed by atoms with Gasteiger partial charge < -0.3 is 0 Å². The second-order valence-corrected chi connectivity index (χ2v) is 14.7. The molecule has 0 spiro atoms. The van der Waals surface area contributed by atoms with Gasteiger partial charge in [0.25, 0.3) is 0 Å². The van der Waals surface area contributed by atoms with Crippen LogP contribution in [0.2, 0.25) is 0 Å². The van der Waals surface area contributed by atoms with Crippen molar-refractivity contribution in [1.82, 2.24) is 0 Å². The second kappa shape index (κ2) is 10.5. The van der Waals surface area contributed by atoms with Crippen molar-refractivity contribution in [3.8, 4) is 55.6 Å². The van der Waals surface area contributed by atoms with Crippen molar-refractivity contribution in [2.45, 2.75) is 6.92 Å². The Morgan fingerprint density at radius 3 is 1.70 bits per heavy atom. The zero-order chi connectivity index (χ0) is 32.9. The summed E-state index contributed by atoms with van der Waals surface area (Å²) in [4.78, 5) is 0. The quantitative estimate of drug-likeness (QED) is 0.178. The number of fused-ring (bicyclic) bond motifs is 8. The molecular formula is C49H30S. The number of aryl methyl sites for hydroxylation is 1. The number of hydrogen-bond donors (Lipinski definition) is 0. The summed E-state index contributed by atoms with van der Waals surface area (Å²) in [6.07, 6.45) is 0. The topological polar surface area (TPSA) is 0 Å². The summed E-state index contributed by atoms with van der Waals surface area (Å²) >= 11 is 1.92. The molecule has 0 N–H and O–H groups in total. The Morgan fingerprint density at radius 2 is 0.940 bits per heavy atom. The molecule has 1 heterocycles. The smallest absolute Gasteiger partial charge is 0.0440 e. The highest BCUT2D eigenvalue weighted by molar-refractivity contribution is 7.26. The first-order valence-corrected chi connectivity index (χ1v) is 18.2. The largest absolute Gasteiger partial charge is 0.135 e. The maximum Gasteiger partial charge on any atom is 0.0440 e. The Labute approximate surface area is 294 Å². The van der Waals surface area contributed by atoms with E-state index in [-0.39, 0.29) is 0 Å². The Balaban J connectivity index is 1.31. The molecule has 1 heteroatoms. The van der Waals surface area contributed by atoms with E-state index in [0.29, 0.717) is 0 Å². The van der Waals surface area contributed by atoms with E-state index in [1.165, 1.54) is 114 Å². The molecule has 1 aromatic heterocycles. The van der Waals surface area contributed by atoms with Gasteiger partial charge in [-0.1, -0.05) is 157 Å². The van der Waals surface area contributed by atoms with Gasteiger partial charge in [-0.2, -0.15) is 0 Å². The van der Waals surface area contributed by atoms with E-state index in [0.717, 1.165) is 0 Å². The zero-order valence-corrected chi connectivity index (χ0v) is 28.3. The third-order valence-electron chi connectivity index (χ3n) is 10.9.